The van der Waals surface area contributed by atoms with Crippen molar-refractivity contribution in [2.75, 3.05) is 10.5 Å². The van der Waals surface area contributed by atoms with Crippen LogP contribution in [0.2, 0.25) is 5.02 Å². The number of aromatic nitrogens is 1. The molecule has 1 heterocycles. The van der Waals surface area contributed by atoms with Crippen LogP contribution in [0.25, 0.3) is 0 Å². The van der Waals surface area contributed by atoms with Gasteiger partial charge in [0.05, 0.1) is 28.5 Å². The molecular weight excluding hydrogens is 312 g/mol. The Balaban J connectivity index is 2.41. The highest BCUT2D eigenvalue weighted by molar-refractivity contribution is 7.92. The highest BCUT2D eigenvalue weighted by atomic mass is 35.5. The van der Waals surface area contributed by atoms with E-state index in [0.717, 1.165) is 0 Å². The summed E-state index contributed by atoms with van der Waals surface area (Å²) in [6.45, 7) is 1.68. The first-order chi connectivity index (χ1) is 9.83. The van der Waals surface area contributed by atoms with E-state index in [9.17, 15) is 8.42 Å². The normalized spacial score (nSPS) is 10.9. The lowest BCUT2D eigenvalue weighted by Gasteiger charge is -2.11. The average molecular weight is 323 g/mol. The van der Waals surface area contributed by atoms with Crippen LogP contribution in [-0.2, 0) is 10.0 Å². The Morgan fingerprint density at radius 3 is 2.67 bits per heavy atom. The van der Waals surface area contributed by atoms with Crippen molar-refractivity contribution in [3.8, 4) is 6.07 Å². The Hall–Kier alpha value is -2.30. The predicted octanol–water partition coefficient (Wildman–Crippen LogP) is 2.30. The van der Waals surface area contributed by atoms with Crippen LogP contribution < -0.4 is 10.5 Å². The summed E-state index contributed by atoms with van der Waals surface area (Å²) in [5.74, 6) is 0.171. The Morgan fingerprint density at radius 1 is 1.38 bits per heavy atom. The van der Waals surface area contributed by atoms with Gasteiger partial charge in [-0.15, -0.1) is 0 Å². The zero-order valence-electron chi connectivity index (χ0n) is 11.0. The van der Waals surface area contributed by atoms with Gasteiger partial charge < -0.3 is 5.73 Å². The van der Waals surface area contributed by atoms with Gasteiger partial charge in [-0.05, 0) is 36.8 Å². The first-order valence-electron chi connectivity index (χ1n) is 5.78. The second-order valence-electron chi connectivity index (χ2n) is 4.30. The lowest BCUT2D eigenvalue weighted by Crippen LogP contribution is -2.15. The maximum absolute atomic E-state index is 12.3. The number of anilines is 2. The van der Waals surface area contributed by atoms with Crippen LogP contribution in [-0.4, -0.2) is 13.4 Å². The molecule has 0 bridgehead atoms. The Kier molecular flexibility index (Phi) is 4.02. The van der Waals surface area contributed by atoms with E-state index in [2.05, 4.69) is 9.71 Å². The van der Waals surface area contributed by atoms with Crippen molar-refractivity contribution in [2.24, 2.45) is 0 Å². The summed E-state index contributed by atoms with van der Waals surface area (Å²) < 4.78 is 27.0. The summed E-state index contributed by atoms with van der Waals surface area (Å²) >= 11 is 5.91. The van der Waals surface area contributed by atoms with Crippen LogP contribution in [0, 0.1) is 18.3 Å². The van der Waals surface area contributed by atoms with Crippen molar-refractivity contribution in [1.82, 2.24) is 4.98 Å². The molecule has 2 rings (SSSR count). The number of aryl methyl sites for hydroxylation is 1. The van der Waals surface area contributed by atoms with Gasteiger partial charge in [-0.1, -0.05) is 11.6 Å². The molecule has 0 fully saturated rings. The van der Waals surface area contributed by atoms with Crippen molar-refractivity contribution < 1.29 is 8.42 Å². The van der Waals surface area contributed by atoms with Gasteiger partial charge in [-0.3, -0.25) is 4.72 Å². The molecule has 0 amide bonds. The number of benzene rings is 1. The van der Waals surface area contributed by atoms with Crippen LogP contribution in [0.4, 0.5) is 11.5 Å². The number of sulfonamides is 1. The summed E-state index contributed by atoms with van der Waals surface area (Å²) in [4.78, 5) is 3.82. The van der Waals surface area contributed by atoms with Crippen molar-refractivity contribution >= 4 is 33.1 Å². The van der Waals surface area contributed by atoms with E-state index in [4.69, 9.17) is 22.6 Å². The first kappa shape index (κ1) is 15.1. The fourth-order valence-electron chi connectivity index (χ4n) is 1.67. The summed E-state index contributed by atoms with van der Waals surface area (Å²) in [5, 5.41) is 8.73. The lowest BCUT2D eigenvalue weighted by atomic mass is 10.2. The summed E-state index contributed by atoms with van der Waals surface area (Å²) in [7, 11) is -3.90. The third kappa shape index (κ3) is 3.24. The summed E-state index contributed by atoms with van der Waals surface area (Å²) in [5.41, 5.74) is 6.87. The van der Waals surface area contributed by atoms with Gasteiger partial charge >= 0.3 is 0 Å². The fourth-order valence-corrected chi connectivity index (χ4v) is 3.30. The molecule has 21 heavy (non-hydrogen) atoms. The van der Waals surface area contributed by atoms with Gasteiger partial charge in [-0.25, -0.2) is 13.4 Å². The van der Waals surface area contributed by atoms with Gasteiger partial charge in [0.15, 0.2) is 0 Å². The third-order valence-corrected chi connectivity index (χ3v) is 4.50. The van der Waals surface area contributed by atoms with Crippen LogP contribution >= 0.6 is 11.6 Å². The zero-order valence-corrected chi connectivity index (χ0v) is 12.5. The average Bonchev–Trinajstić information content (AvgIpc) is 2.41. The Labute approximate surface area is 127 Å². The molecule has 0 aliphatic rings. The minimum absolute atomic E-state index is 0.0327. The lowest BCUT2D eigenvalue weighted by molar-refractivity contribution is 0.601. The number of rotatable bonds is 3. The van der Waals surface area contributed by atoms with Crippen LogP contribution in [0.15, 0.2) is 35.4 Å². The van der Waals surface area contributed by atoms with E-state index in [-0.39, 0.29) is 21.3 Å². The van der Waals surface area contributed by atoms with Gasteiger partial charge in [0.25, 0.3) is 10.0 Å². The first-order valence-corrected chi connectivity index (χ1v) is 7.64. The van der Waals surface area contributed by atoms with E-state index in [1.807, 2.05) is 6.07 Å². The molecule has 6 nitrogen and oxygen atoms in total. The smallest absolute Gasteiger partial charge is 0.264 e. The molecule has 0 aliphatic heterocycles. The number of pyridine rings is 1. The standard InChI is InChI=1S/C13H11ClN4O2S/c1-8-4-10(16)7-17-13(8)18-21(19,20)12-3-2-9(6-15)5-11(12)14/h2-5,7H,16H2,1H3,(H,17,18). The van der Waals surface area contributed by atoms with Gasteiger partial charge in [0.1, 0.15) is 10.7 Å². The summed E-state index contributed by atoms with van der Waals surface area (Å²) in [6, 6.07) is 7.43. The van der Waals surface area contributed by atoms with Crippen LogP contribution in [0.5, 0.6) is 0 Å². The fraction of sp³-hybridized carbons (Fsp3) is 0.0769. The van der Waals surface area contributed by atoms with Crippen LogP contribution in [0.1, 0.15) is 11.1 Å². The number of hydrogen-bond donors (Lipinski definition) is 2. The third-order valence-electron chi connectivity index (χ3n) is 2.68. The van der Waals surface area contributed by atoms with E-state index in [1.54, 1.807) is 13.0 Å². The Bertz CT molecular complexity index is 844. The SMILES string of the molecule is Cc1cc(N)cnc1NS(=O)(=O)c1ccc(C#N)cc1Cl. The molecule has 1 aromatic heterocycles. The van der Waals surface area contributed by atoms with Crippen molar-refractivity contribution in [2.45, 2.75) is 11.8 Å². The predicted molar refractivity (Wildman–Crippen MR) is 80.4 cm³/mol. The minimum atomic E-state index is -3.90. The molecule has 0 atom stereocenters. The number of hydrogen-bond acceptors (Lipinski definition) is 5. The maximum Gasteiger partial charge on any atom is 0.264 e. The molecule has 1 aromatic carbocycles. The second kappa shape index (κ2) is 5.60. The molecule has 0 aliphatic carbocycles. The number of nitriles is 1. The van der Waals surface area contributed by atoms with Crippen molar-refractivity contribution in [3.05, 3.63) is 46.6 Å². The minimum Gasteiger partial charge on any atom is -0.397 e. The van der Waals surface area contributed by atoms with Gasteiger partial charge in [0, 0.05) is 0 Å². The molecule has 0 saturated heterocycles. The van der Waals surface area contributed by atoms with Gasteiger partial charge in [-0.2, -0.15) is 5.26 Å². The molecule has 0 unspecified atom stereocenters. The number of nitrogens with two attached hydrogens (primary N) is 1. The van der Waals surface area contributed by atoms with E-state index in [1.165, 1.54) is 24.4 Å². The zero-order chi connectivity index (χ0) is 15.6. The van der Waals surface area contributed by atoms with Crippen molar-refractivity contribution in [1.29, 1.82) is 5.26 Å². The topological polar surface area (TPSA) is 109 Å². The number of nitrogens with zero attached hydrogens (tertiary/aromatic N) is 2. The largest absolute Gasteiger partial charge is 0.397 e. The molecular formula is C13H11ClN4O2S. The van der Waals surface area contributed by atoms with Crippen molar-refractivity contribution in [3.63, 3.8) is 0 Å². The number of nitrogens with one attached hydrogen (secondary N) is 1. The number of halogens is 1. The van der Waals surface area contributed by atoms with Gasteiger partial charge in [0.2, 0.25) is 0 Å². The summed E-state index contributed by atoms with van der Waals surface area (Å²) in [6.07, 6.45) is 1.35. The van der Waals surface area contributed by atoms with E-state index in [0.29, 0.717) is 11.3 Å². The molecule has 0 saturated carbocycles. The molecule has 8 heteroatoms. The monoisotopic (exact) mass is 322 g/mol. The highest BCUT2D eigenvalue weighted by Crippen LogP contribution is 2.25. The molecule has 0 radical (unpaired) electrons. The highest BCUT2D eigenvalue weighted by Gasteiger charge is 2.19. The second-order valence-corrected chi connectivity index (χ2v) is 6.35. The molecule has 0 spiro atoms. The van der Waals surface area contributed by atoms with E-state index < -0.39 is 10.0 Å². The quantitative estimate of drug-likeness (QED) is 0.901. The van der Waals surface area contributed by atoms with Crippen LogP contribution in [0.3, 0.4) is 0 Å². The number of nitrogen functional groups attached to an aromatic ring is 1. The molecule has 3 N–H and O–H groups in total. The Morgan fingerprint density at radius 2 is 2.10 bits per heavy atom. The molecule has 108 valence electrons. The maximum atomic E-state index is 12.3. The molecule has 2 aromatic rings. The van der Waals surface area contributed by atoms with E-state index >= 15 is 0 Å².